The molecular weight excluding hydrogens is 334 g/mol. The number of ether oxygens (including phenoxy) is 3. The molecule has 26 heavy (non-hydrogen) atoms. The third-order valence-corrected chi connectivity index (χ3v) is 4.33. The molecule has 0 radical (unpaired) electrons. The molecule has 3 aromatic rings. The van der Waals surface area contributed by atoms with E-state index in [0.717, 1.165) is 16.6 Å². The van der Waals surface area contributed by atoms with Crippen molar-refractivity contribution in [2.75, 3.05) is 26.6 Å². The fraction of sp³-hybridized carbons (Fsp3) is 0.222. The number of nitrogens with two attached hydrogens (primary N) is 1. The number of methoxy groups -OCH3 is 3. The van der Waals surface area contributed by atoms with E-state index in [2.05, 4.69) is 15.3 Å². The molecule has 0 saturated heterocycles. The van der Waals surface area contributed by atoms with Crippen LogP contribution < -0.4 is 25.3 Å². The molecule has 134 valence electrons. The second-order valence-corrected chi connectivity index (χ2v) is 5.77. The summed E-state index contributed by atoms with van der Waals surface area (Å²) < 4.78 is 18.3. The Balaban J connectivity index is 1.94. The summed E-state index contributed by atoms with van der Waals surface area (Å²) in [6.07, 6.45) is -0.410. The predicted octanol–water partition coefficient (Wildman–Crippen LogP) is 2.35. The first-order valence-corrected chi connectivity index (χ1v) is 8.03. The fourth-order valence-electron chi connectivity index (χ4n) is 3.19. The monoisotopic (exact) mass is 353 g/mol. The van der Waals surface area contributed by atoms with Gasteiger partial charge < -0.3 is 19.9 Å². The van der Waals surface area contributed by atoms with E-state index in [0.29, 0.717) is 29.2 Å². The lowest BCUT2D eigenvalue weighted by Crippen LogP contribution is -2.31. The minimum atomic E-state index is -0.410. The standard InChI is InChI=1S/C18H19N5O3/c1-24-13-8-10(9-14(25-2)15(13)26-3)16-21-17(19)22-18-20-11-6-4-5-7-12(11)23(16)18/h4-9,16H,1-3H3,(H3,19,20,21,22)/t16-/m0/s1. The van der Waals surface area contributed by atoms with Crippen molar-refractivity contribution < 1.29 is 14.2 Å². The summed E-state index contributed by atoms with van der Waals surface area (Å²) in [6, 6.07) is 11.6. The van der Waals surface area contributed by atoms with Gasteiger partial charge in [0.05, 0.1) is 32.4 Å². The first kappa shape index (κ1) is 16.1. The van der Waals surface area contributed by atoms with Gasteiger partial charge in [0.15, 0.2) is 23.6 Å². The number of para-hydroxylation sites is 2. The number of benzene rings is 2. The maximum Gasteiger partial charge on any atom is 0.212 e. The normalized spacial score (nSPS) is 15.8. The molecule has 0 fully saturated rings. The zero-order valence-corrected chi connectivity index (χ0v) is 14.7. The van der Waals surface area contributed by atoms with Gasteiger partial charge in [0, 0.05) is 5.56 Å². The van der Waals surface area contributed by atoms with Crippen LogP contribution >= 0.6 is 0 Å². The van der Waals surface area contributed by atoms with E-state index in [1.807, 2.05) is 41.0 Å². The predicted molar refractivity (Wildman–Crippen MR) is 99.2 cm³/mol. The zero-order chi connectivity index (χ0) is 18.3. The van der Waals surface area contributed by atoms with Crippen molar-refractivity contribution in [3.63, 3.8) is 0 Å². The van der Waals surface area contributed by atoms with E-state index in [9.17, 15) is 0 Å². The molecule has 0 amide bonds. The van der Waals surface area contributed by atoms with Crippen LogP contribution in [-0.2, 0) is 0 Å². The molecule has 1 aliphatic rings. The van der Waals surface area contributed by atoms with Crippen molar-refractivity contribution >= 4 is 22.9 Å². The zero-order valence-electron chi connectivity index (χ0n) is 14.7. The molecule has 8 nitrogen and oxygen atoms in total. The number of guanidine groups is 1. The SMILES string of the molecule is COc1cc([C@H]2N=C(N)Nc3nc4ccccc4n32)cc(OC)c1OC. The van der Waals surface area contributed by atoms with Gasteiger partial charge in [-0.2, -0.15) is 0 Å². The van der Waals surface area contributed by atoms with E-state index in [1.165, 1.54) is 0 Å². The van der Waals surface area contributed by atoms with Crippen molar-refractivity contribution in [1.29, 1.82) is 0 Å². The van der Waals surface area contributed by atoms with E-state index in [4.69, 9.17) is 19.9 Å². The van der Waals surface area contributed by atoms with Gasteiger partial charge in [-0.05, 0) is 24.3 Å². The topological polar surface area (TPSA) is 95.9 Å². The van der Waals surface area contributed by atoms with Crippen LogP contribution in [0.5, 0.6) is 17.2 Å². The molecule has 0 spiro atoms. The molecular formula is C18H19N5O3. The van der Waals surface area contributed by atoms with Crippen molar-refractivity contribution in [2.24, 2.45) is 10.7 Å². The first-order valence-electron chi connectivity index (χ1n) is 8.03. The van der Waals surface area contributed by atoms with Gasteiger partial charge >= 0.3 is 0 Å². The van der Waals surface area contributed by atoms with Gasteiger partial charge in [0.2, 0.25) is 11.7 Å². The van der Waals surface area contributed by atoms with Gasteiger partial charge in [0.25, 0.3) is 0 Å². The minimum Gasteiger partial charge on any atom is -0.493 e. The van der Waals surface area contributed by atoms with Crippen molar-refractivity contribution in [3.8, 4) is 17.2 Å². The fourth-order valence-corrected chi connectivity index (χ4v) is 3.19. The van der Waals surface area contributed by atoms with Crippen molar-refractivity contribution in [2.45, 2.75) is 6.17 Å². The average molecular weight is 353 g/mol. The lowest BCUT2D eigenvalue weighted by atomic mass is 10.1. The maximum absolute atomic E-state index is 5.99. The highest BCUT2D eigenvalue weighted by atomic mass is 16.5. The summed E-state index contributed by atoms with van der Waals surface area (Å²) in [6.45, 7) is 0. The van der Waals surface area contributed by atoms with Crippen LogP contribution in [-0.4, -0.2) is 36.8 Å². The Morgan fingerprint density at radius 1 is 1.04 bits per heavy atom. The van der Waals surface area contributed by atoms with E-state index < -0.39 is 6.17 Å². The Labute approximate surface area is 150 Å². The van der Waals surface area contributed by atoms with Crippen LogP contribution in [0.25, 0.3) is 11.0 Å². The van der Waals surface area contributed by atoms with Crippen LogP contribution in [0.4, 0.5) is 5.95 Å². The van der Waals surface area contributed by atoms with Gasteiger partial charge in [-0.1, -0.05) is 12.1 Å². The number of hydrogen-bond acceptors (Lipinski definition) is 7. The van der Waals surface area contributed by atoms with Crippen LogP contribution in [0.2, 0.25) is 0 Å². The molecule has 1 aromatic heterocycles. The van der Waals surface area contributed by atoms with E-state index in [1.54, 1.807) is 21.3 Å². The van der Waals surface area contributed by atoms with E-state index >= 15 is 0 Å². The maximum atomic E-state index is 5.99. The summed E-state index contributed by atoms with van der Waals surface area (Å²) in [7, 11) is 4.74. The Hall–Kier alpha value is -3.42. The number of imidazole rings is 1. The molecule has 0 aliphatic carbocycles. The third kappa shape index (κ3) is 2.38. The molecule has 1 aliphatic heterocycles. The molecule has 0 bridgehead atoms. The molecule has 0 saturated carbocycles. The Kier molecular flexibility index (Phi) is 3.80. The number of nitrogens with zero attached hydrogens (tertiary/aromatic N) is 3. The van der Waals surface area contributed by atoms with E-state index in [-0.39, 0.29) is 0 Å². The van der Waals surface area contributed by atoms with Crippen LogP contribution in [0.1, 0.15) is 11.7 Å². The van der Waals surface area contributed by atoms with Crippen molar-refractivity contribution in [1.82, 2.24) is 9.55 Å². The second kappa shape index (κ2) is 6.14. The summed E-state index contributed by atoms with van der Waals surface area (Å²) in [5, 5.41) is 3.02. The highest BCUT2D eigenvalue weighted by molar-refractivity contribution is 5.94. The number of rotatable bonds is 4. The Morgan fingerprint density at radius 2 is 1.73 bits per heavy atom. The quantitative estimate of drug-likeness (QED) is 0.747. The average Bonchev–Trinajstić information content (AvgIpc) is 3.04. The largest absolute Gasteiger partial charge is 0.493 e. The number of aromatic nitrogens is 2. The molecule has 8 heteroatoms. The smallest absolute Gasteiger partial charge is 0.212 e. The van der Waals surface area contributed by atoms with Gasteiger partial charge in [-0.25, -0.2) is 9.98 Å². The summed E-state index contributed by atoms with van der Waals surface area (Å²) >= 11 is 0. The van der Waals surface area contributed by atoms with Crippen molar-refractivity contribution in [3.05, 3.63) is 42.0 Å². The Bertz CT molecular complexity index is 986. The molecule has 3 N–H and O–H groups in total. The van der Waals surface area contributed by atoms with Crippen LogP contribution in [0.3, 0.4) is 0 Å². The summed E-state index contributed by atoms with van der Waals surface area (Å²) in [4.78, 5) is 9.18. The van der Waals surface area contributed by atoms with Gasteiger partial charge in [-0.3, -0.25) is 9.88 Å². The molecule has 2 heterocycles. The minimum absolute atomic E-state index is 0.298. The number of nitrogens with one attached hydrogen (secondary N) is 1. The number of aliphatic imine (C=N–C) groups is 1. The Morgan fingerprint density at radius 3 is 2.38 bits per heavy atom. The molecule has 2 aromatic carbocycles. The lowest BCUT2D eigenvalue weighted by Gasteiger charge is -2.25. The first-order chi connectivity index (χ1) is 12.7. The van der Waals surface area contributed by atoms with Gasteiger partial charge in [0.1, 0.15) is 0 Å². The summed E-state index contributed by atoms with van der Waals surface area (Å²) in [5.41, 5.74) is 8.64. The highest BCUT2D eigenvalue weighted by Crippen LogP contribution is 2.42. The van der Waals surface area contributed by atoms with Crippen LogP contribution in [0.15, 0.2) is 41.4 Å². The molecule has 1 atom stereocenters. The molecule has 4 rings (SSSR count). The summed E-state index contributed by atoms with van der Waals surface area (Å²) in [5.74, 6) is 2.57. The lowest BCUT2D eigenvalue weighted by molar-refractivity contribution is 0.323. The number of fused-ring (bicyclic) bond motifs is 3. The number of hydrogen-bond donors (Lipinski definition) is 2. The third-order valence-electron chi connectivity index (χ3n) is 4.33. The van der Waals surface area contributed by atoms with Gasteiger partial charge in [-0.15, -0.1) is 0 Å². The highest BCUT2D eigenvalue weighted by Gasteiger charge is 2.27. The molecule has 0 unspecified atom stereocenters. The number of anilines is 1. The van der Waals surface area contributed by atoms with Crippen LogP contribution in [0, 0.1) is 0 Å². The second-order valence-electron chi connectivity index (χ2n) is 5.77.